The van der Waals surface area contributed by atoms with Crippen LogP contribution >= 0.6 is 11.3 Å². The quantitative estimate of drug-likeness (QED) is 0.155. The number of aliphatic carboxylic acids is 1. The standard InChI is InChI=1S/C17H21N7O6S2/c18-17(19)20-7-2-4-11(16(26)27)21-15(25)14-10(6-8-31-14)24-32(28,29)12-5-1-3-9-13(12)23-30-22-9/h1,3,5-6,8,11,17,20,24H,2,4,7,18-19H2,(H,21,25)(H,26,27)/t11-/m0/s1. The Morgan fingerprint density at radius 2 is 2.00 bits per heavy atom. The number of nitrogens with one attached hydrogen (secondary N) is 3. The average Bonchev–Trinajstić information content (AvgIpc) is 3.38. The van der Waals surface area contributed by atoms with E-state index in [9.17, 15) is 23.1 Å². The fourth-order valence-electron chi connectivity index (χ4n) is 2.82. The minimum atomic E-state index is -4.14. The number of hydrogen-bond donors (Lipinski definition) is 6. The van der Waals surface area contributed by atoms with Gasteiger partial charge >= 0.3 is 5.97 Å². The molecule has 1 atom stereocenters. The van der Waals surface area contributed by atoms with Crippen LogP contribution in [0.5, 0.6) is 0 Å². The molecule has 3 aromatic rings. The van der Waals surface area contributed by atoms with E-state index in [1.165, 1.54) is 29.6 Å². The first-order valence-electron chi connectivity index (χ1n) is 9.29. The molecule has 2 heterocycles. The molecular formula is C17H21N7O6S2. The van der Waals surface area contributed by atoms with Crippen LogP contribution in [0.25, 0.3) is 11.0 Å². The molecule has 8 N–H and O–H groups in total. The number of nitrogens with zero attached hydrogens (tertiary/aromatic N) is 2. The summed E-state index contributed by atoms with van der Waals surface area (Å²) >= 11 is 0.961. The zero-order valence-corrected chi connectivity index (χ0v) is 18.1. The second kappa shape index (κ2) is 10.0. The summed E-state index contributed by atoms with van der Waals surface area (Å²) in [6.45, 7) is 0.365. The number of carboxylic acid groups (broad SMARTS) is 1. The smallest absolute Gasteiger partial charge is 0.326 e. The van der Waals surface area contributed by atoms with Crippen LogP contribution in [-0.2, 0) is 14.8 Å². The Morgan fingerprint density at radius 1 is 1.22 bits per heavy atom. The van der Waals surface area contributed by atoms with Crippen molar-refractivity contribution >= 4 is 50.0 Å². The number of rotatable bonds is 11. The molecule has 2 aromatic heterocycles. The van der Waals surface area contributed by atoms with E-state index in [1.807, 2.05) is 0 Å². The van der Waals surface area contributed by atoms with Crippen LogP contribution in [0.3, 0.4) is 0 Å². The molecule has 32 heavy (non-hydrogen) atoms. The van der Waals surface area contributed by atoms with Crippen LogP contribution in [-0.4, -0.2) is 54.6 Å². The maximum Gasteiger partial charge on any atom is 0.326 e. The van der Waals surface area contributed by atoms with Crippen molar-refractivity contribution in [1.82, 2.24) is 20.9 Å². The minimum absolute atomic E-state index is 0.000804. The third-order valence-electron chi connectivity index (χ3n) is 4.31. The summed E-state index contributed by atoms with van der Waals surface area (Å²) in [6.07, 6.45) is -0.218. The van der Waals surface area contributed by atoms with Crippen molar-refractivity contribution < 1.29 is 27.7 Å². The summed E-state index contributed by atoms with van der Waals surface area (Å²) in [5.74, 6) is -1.95. The number of carbonyl (C=O) groups is 2. The Labute approximate surface area is 186 Å². The van der Waals surface area contributed by atoms with E-state index in [4.69, 9.17) is 11.5 Å². The zero-order chi connectivity index (χ0) is 23.3. The van der Waals surface area contributed by atoms with Gasteiger partial charge in [0.1, 0.15) is 27.6 Å². The molecule has 13 nitrogen and oxygen atoms in total. The molecule has 0 fully saturated rings. The SMILES string of the molecule is NC(N)NCCC[C@H](NC(=O)c1sccc1NS(=O)(=O)c1cccc2nonc12)C(=O)O. The van der Waals surface area contributed by atoms with E-state index < -0.39 is 34.2 Å². The normalized spacial score (nSPS) is 12.7. The van der Waals surface area contributed by atoms with Gasteiger partial charge in [0.25, 0.3) is 15.9 Å². The molecular weight excluding hydrogens is 462 g/mol. The summed E-state index contributed by atoms with van der Waals surface area (Å²) < 4.78 is 32.7. The number of thiophene rings is 1. The Balaban J connectivity index is 1.73. The van der Waals surface area contributed by atoms with Gasteiger partial charge in [0.2, 0.25) is 0 Å². The van der Waals surface area contributed by atoms with Crippen molar-refractivity contribution in [3.05, 3.63) is 34.5 Å². The number of fused-ring (bicyclic) bond motifs is 1. The van der Waals surface area contributed by atoms with Crippen molar-refractivity contribution in [2.75, 3.05) is 11.3 Å². The predicted octanol–water partition coefficient (Wildman–Crippen LogP) is -0.161. The van der Waals surface area contributed by atoms with Crippen LogP contribution in [0.2, 0.25) is 0 Å². The van der Waals surface area contributed by atoms with Gasteiger partial charge in [-0.25, -0.2) is 17.8 Å². The summed E-state index contributed by atoms with van der Waals surface area (Å²) in [5, 5.41) is 23.3. The van der Waals surface area contributed by atoms with Crippen LogP contribution < -0.4 is 26.8 Å². The molecule has 0 aliphatic carbocycles. The Kier molecular flexibility index (Phi) is 7.37. The number of carbonyl (C=O) groups excluding carboxylic acids is 1. The molecule has 0 spiro atoms. The number of carboxylic acids is 1. The second-order valence-corrected chi connectivity index (χ2v) is 9.21. The lowest BCUT2D eigenvalue weighted by molar-refractivity contribution is -0.139. The highest BCUT2D eigenvalue weighted by atomic mass is 32.2. The van der Waals surface area contributed by atoms with Crippen molar-refractivity contribution in [2.24, 2.45) is 11.5 Å². The van der Waals surface area contributed by atoms with Crippen LogP contribution in [0.15, 0.2) is 39.2 Å². The number of anilines is 1. The lowest BCUT2D eigenvalue weighted by Crippen LogP contribution is -2.46. The first kappa shape index (κ1) is 23.6. The predicted molar refractivity (Wildman–Crippen MR) is 115 cm³/mol. The fraction of sp³-hybridized carbons (Fsp3) is 0.294. The molecule has 15 heteroatoms. The third-order valence-corrected chi connectivity index (χ3v) is 6.62. The second-order valence-electron chi connectivity index (χ2n) is 6.64. The molecule has 1 aromatic carbocycles. The molecule has 0 aliphatic rings. The van der Waals surface area contributed by atoms with Crippen LogP contribution in [0, 0.1) is 0 Å². The number of amides is 1. The highest BCUT2D eigenvalue weighted by molar-refractivity contribution is 7.93. The van der Waals surface area contributed by atoms with E-state index >= 15 is 0 Å². The minimum Gasteiger partial charge on any atom is -0.480 e. The van der Waals surface area contributed by atoms with E-state index in [0.29, 0.717) is 13.0 Å². The summed E-state index contributed by atoms with van der Waals surface area (Å²) in [5.41, 5.74) is 11.0. The molecule has 0 bridgehead atoms. The van der Waals surface area contributed by atoms with E-state index in [0.717, 1.165) is 11.3 Å². The largest absolute Gasteiger partial charge is 0.480 e. The van der Waals surface area contributed by atoms with Crippen molar-refractivity contribution in [3.8, 4) is 0 Å². The van der Waals surface area contributed by atoms with Gasteiger partial charge in [-0.1, -0.05) is 6.07 Å². The molecule has 0 radical (unpaired) electrons. The van der Waals surface area contributed by atoms with Gasteiger partial charge in [0.05, 0.1) is 5.69 Å². The fourth-order valence-corrected chi connectivity index (χ4v) is 4.86. The van der Waals surface area contributed by atoms with Gasteiger partial charge in [0.15, 0.2) is 5.52 Å². The molecule has 3 rings (SSSR count). The summed E-state index contributed by atoms with van der Waals surface area (Å²) in [6, 6.07) is 4.56. The molecule has 0 saturated heterocycles. The summed E-state index contributed by atoms with van der Waals surface area (Å²) in [4.78, 5) is 24.0. The van der Waals surface area contributed by atoms with E-state index in [1.54, 1.807) is 0 Å². The van der Waals surface area contributed by atoms with Gasteiger partial charge in [-0.2, -0.15) is 0 Å². The van der Waals surface area contributed by atoms with Crippen LogP contribution in [0.4, 0.5) is 5.69 Å². The third kappa shape index (κ3) is 5.57. The van der Waals surface area contributed by atoms with E-state index in [-0.39, 0.29) is 32.9 Å². The molecule has 172 valence electrons. The molecule has 0 saturated carbocycles. The van der Waals surface area contributed by atoms with Gasteiger partial charge in [-0.3, -0.25) is 14.8 Å². The number of hydrogen-bond acceptors (Lipinski definition) is 11. The molecule has 0 aliphatic heterocycles. The van der Waals surface area contributed by atoms with E-state index in [2.05, 4.69) is 30.3 Å². The zero-order valence-electron chi connectivity index (χ0n) is 16.5. The number of nitrogens with two attached hydrogens (primary N) is 2. The maximum absolute atomic E-state index is 12.9. The monoisotopic (exact) mass is 483 g/mol. The van der Waals surface area contributed by atoms with Gasteiger partial charge in [-0.05, 0) is 53.3 Å². The topological polar surface area (TPSA) is 216 Å². The number of sulfonamides is 1. The first-order chi connectivity index (χ1) is 15.2. The molecule has 0 unspecified atom stereocenters. The van der Waals surface area contributed by atoms with Gasteiger partial charge in [0, 0.05) is 0 Å². The average molecular weight is 484 g/mol. The van der Waals surface area contributed by atoms with Gasteiger partial charge in [-0.15, -0.1) is 11.3 Å². The Hall–Kier alpha value is -3.11. The number of aromatic nitrogens is 2. The van der Waals surface area contributed by atoms with Crippen molar-refractivity contribution in [1.29, 1.82) is 0 Å². The molecule has 1 amide bonds. The Morgan fingerprint density at radius 3 is 2.72 bits per heavy atom. The van der Waals surface area contributed by atoms with Crippen molar-refractivity contribution in [3.63, 3.8) is 0 Å². The lowest BCUT2D eigenvalue weighted by atomic mass is 10.1. The lowest BCUT2D eigenvalue weighted by Gasteiger charge is -2.16. The van der Waals surface area contributed by atoms with Crippen LogP contribution in [0.1, 0.15) is 22.5 Å². The highest BCUT2D eigenvalue weighted by Gasteiger charge is 2.26. The number of benzene rings is 1. The first-order valence-corrected chi connectivity index (χ1v) is 11.6. The Bertz CT molecular complexity index is 1210. The highest BCUT2D eigenvalue weighted by Crippen LogP contribution is 2.27. The van der Waals surface area contributed by atoms with Gasteiger partial charge < -0.3 is 21.9 Å². The van der Waals surface area contributed by atoms with Crippen molar-refractivity contribution in [2.45, 2.75) is 30.1 Å². The maximum atomic E-state index is 12.9. The summed E-state index contributed by atoms with van der Waals surface area (Å²) in [7, 11) is -4.14.